The summed E-state index contributed by atoms with van der Waals surface area (Å²) in [6.45, 7) is 12.6. The molecule has 0 amide bonds. The van der Waals surface area contributed by atoms with E-state index in [1.165, 1.54) is 62.3 Å². The highest BCUT2D eigenvalue weighted by molar-refractivity contribution is 5.01. The third-order valence-electron chi connectivity index (χ3n) is 18.6. The van der Waals surface area contributed by atoms with Gasteiger partial charge in [0.05, 0.1) is 54.9 Å². The fraction of sp³-hybridized carbons (Fsp3) is 1.00. The van der Waals surface area contributed by atoms with Crippen molar-refractivity contribution in [1.29, 1.82) is 0 Å². The molecule has 27 aliphatic rings. The van der Waals surface area contributed by atoms with E-state index in [1.54, 1.807) is 0 Å². The first-order valence-corrected chi connectivity index (χ1v) is 30.3. The van der Waals surface area contributed by atoms with Crippen molar-refractivity contribution < 1.29 is 177 Å². The van der Waals surface area contributed by atoms with Crippen LogP contribution in [0.1, 0.15) is 62.3 Å². The second-order valence-corrected chi connectivity index (χ2v) is 25.1. The number of ether oxygens (including phenoxy) is 18. The van der Waals surface area contributed by atoms with Crippen molar-refractivity contribution in [2.75, 3.05) is 0 Å². The highest BCUT2D eigenvalue weighted by Crippen LogP contribution is 2.40. The normalized spacial score (nSPS) is 59.7. The zero-order valence-corrected chi connectivity index (χ0v) is 50.4. The van der Waals surface area contributed by atoms with Gasteiger partial charge in [-0.3, -0.25) is 0 Å². The fourth-order valence-corrected chi connectivity index (χ4v) is 13.1. The van der Waals surface area contributed by atoms with Gasteiger partial charge in [-0.05, 0) is 62.3 Å². The Balaban J connectivity index is 0.846. The number of aliphatic hydroxyl groups excluding tert-OH is 18. The maximum Gasteiger partial charge on any atom is 0.187 e. The van der Waals surface area contributed by atoms with Crippen molar-refractivity contribution in [2.24, 2.45) is 0 Å². The Morgan fingerprint density at radius 3 is 0.278 bits per heavy atom. The topological polar surface area (TPSA) is 530 Å². The van der Waals surface area contributed by atoms with E-state index < -0.39 is 276 Å². The first-order chi connectivity index (χ1) is 42.3. The minimum atomic E-state index is -1.95. The van der Waals surface area contributed by atoms with Gasteiger partial charge in [0.2, 0.25) is 0 Å². The molecule has 45 atom stereocenters. The van der Waals surface area contributed by atoms with Crippen molar-refractivity contribution in [3.8, 4) is 0 Å². The van der Waals surface area contributed by atoms with Gasteiger partial charge in [-0.15, -0.1) is 0 Å². The largest absolute Gasteiger partial charge is 0.387 e. The van der Waals surface area contributed by atoms with E-state index in [4.69, 9.17) is 85.3 Å². The van der Waals surface area contributed by atoms with Crippen LogP contribution in [0, 0.1) is 0 Å². The Hall–Kier alpha value is -1.44. The van der Waals surface area contributed by atoms with Gasteiger partial charge in [-0.1, -0.05) is 0 Å². The molecule has 0 saturated carbocycles. The van der Waals surface area contributed by atoms with Crippen molar-refractivity contribution in [3.63, 3.8) is 0 Å². The van der Waals surface area contributed by atoms with E-state index in [0.717, 1.165) is 0 Å². The standard InChI is InChI=1S/C54H90O36/c1-10-37-19(55)28(64)46(73-10)83-38-11(2)75-48(30(66)21(38)57)85-40-13(4)77-50(32(68)23(40)59)87-42-15(6)79-52(34(70)25(42)61)89-44-17(8)81-54(36(72)27(44)63)90-45-18(9)80-53(35(71)26(45)62)88-43-16(7)78-51(33(69)24(43)60)86-41-14(5)76-49(31(67)22(41)58)84-39-12(3)74-47(82-37)29(65)20(39)56/h10-72H,1-9H3/t10?,11?,12?,13?,14?,15?,16?,17?,18?,19-,20-,21-,22-,23-,24-,25-,26-,27-,28?,29?,30?,31?,32?,33?,34?,35?,36?,37-,38-,39-,40-,41-,42-,43-,44-,45-,46-,47-,48-,49-,50-,51+,52+,53-,54+/m1/s1. The van der Waals surface area contributed by atoms with Crippen molar-refractivity contribution >= 4 is 0 Å². The molecule has 27 rings (SSSR count). The SMILES string of the molecule is CC1O[C@@H]2O[C@@H]3C(C)O[C@H](O[C@@H]4C(C)O[C@H](O[C@@H]5C(C)O[C@@H](O[C@@H]6C(C)O[C@@H](O[C@@H]7C(C)O[C@H](O[C@@H]8C(C)O[C@@H](O[C@@H]9C(C)O[C@H](O[C@@H]%10C(C)O[C@H](O[C@H]1[C@H](O)C2O)C(O)[C@H]%10O)C(O)[C@H]9O)C(O)[C@H]8O)C(O)[C@H]7O)C(O)[C@H]6O)C(O)[C@H]5O)C(O)[C@H]4O)C(O)[C@H]3O. The molecule has 27 heterocycles. The Morgan fingerprint density at radius 1 is 0.122 bits per heavy atom. The summed E-state index contributed by atoms with van der Waals surface area (Å²) in [7, 11) is 0. The van der Waals surface area contributed by atoms with Crippen LogP contribution >= 0.6 is 0 Å². The molecule has 522 valence electrons. The lowest BCUT2D eigenvalue weighted by Crippen LogP contribution is -2.67. The summed E-state index contributed by atoms with van der Waals surface area (Å²) in [4.78, 5) is 0. The zero-order valence-electron chi connectivity index (χ0n) is 50.4. The number of rotatable bonds is 0. The molecule has 36 nitrogen and oxygen atoms in total. The molecule has 0 aromatic rings. The van der Waals surface area contributed by atoms with E-state index in [2.05, 4.69) is 0 Å². The highest BCUT2D eigenvalue weighted by Gasteiger charge is 2.59. The van der Waals surface area contributed by atoms with Crippen LogP contribution in [0.25, 0.3) is 0 Å². The minimum Gasteiger partial charge on any atom is -0.387 e. The van der Waals surface area contributed by atoms with Gasteiger partial charge >= 0.3 is 0 Å². The summed E-state index contributed by atoms with van der Waals surface area (Å²) in [5.74, 6) is 0. The average molecular weight is 1320 g/mol. The van der Waals surface area contributed by atoms with Crippen LogP contribution in [0.3, 0.4) is 0 Å². The molecule has 36 heteroatoms. The Labute approximate surface area is 514 Å². The van der Waals surface area contributed by atoms with Crippen LogP contribution in [-0.4, -0.2) is 368 Å². The van der Waals surface area contributed by atoms with Crippen molar-refractivity contribution in [1.82, 2.24) is 0 Å². The summed E-state index contributed by atoms with van der Waals surface area (Å²) < 4.78 is 106. The van der Waals surface area contributed by atoms with E-state index in [0.29, 0.717) is 0 Å². The summed E-state index contributed by atoms with van der Waals surface area (Å²) >= 11 is 0. The molecule has 0 aliphatic carbocycles. The second-order valence-electron chi connectivity index (χ2n) is 25.1. The zero-order chi connectivity index (χ0) is 65.7. The molecule has 0 radical (unpaired) electrons. The lowest BCUT2D eigenvalue weighted by atomic mass is 9.95. The molecule has 27 fully saturated rings. The van der Waals surface area contributed by atoms with E-state index in [9.17, 15) is 91.9 Å². The maximum absolute atomic E-state index is 11.4. The minimum absolute atomic E-state index is 1.20. The number of aliphatic hydroxyl groups is 18. The Morgan fingerprint density at radius 2 is 0.200 bits per heavy atom. The summed E-state index contributed by atoms with van der Waals surface area (Å²) in [6, 6.07) is 0. The quantitative estimate of drug-likeness (QED) is 0.107. The predicted molar refractivity (Wildman–Crippen MR) is 281 cm³/mol. The lowest BCUT2D eigenvalue weighted by molar-refractivity contribution is -0.393. The van der Waals surface area contributed by atoms with Crippen LogP contribution in [0.5, 0.6) is 0 Å². The molecule has 27 aliphatic heterocycles. The molecular weight excluding hydrogens is 1220 g/mol. The van der Waals surface area contributed by atoms with Crippen LogP contribution in [0.4, 0.5) is 0 Å². The number of hydrogen-bond acceptors (Lipinski definition) is 36. The van der Waals surface area contributed by atoms with Gasteiger partial charge in [0.15, 0.2) is 56.6 Å². The van der Waals surface area contributed by atoms with Gasteiger partial charge in [-0.2, -0.15) is 0 Å². The highest BCUT2D eigenvalue weighted by atomic mass is 16.8. The molecule has 18 bridgehead atoms. The fourth-order valence-electron chi connectivity index (χ4n) is 13.1. The summed E-state index contributed by atoms with van der Waals surface area (Å²) in [5, 5.41) is 205. The van der Waals surface area contributed by atoms with Crippen LogP contribution in [0.15, 0.2) is 0 Å². The molecule has 18 unspecified atom stereocenters. The molecule has 0 aromatic heterocycles. The van der Waals surface area contributed by atoms with Crippen LogP contribution in [-0.2, 0) is 85.3 Å². The van der Waals surface area contributed by atoms with E-state index in [1.807, 2.05) is 0 Å². The second kappa shape index (κ2) is 28.6. The Bertz CT molecular complexity index is 1820. The van der Waals surface area contributed by atoms with Gasteiger partial charge in [0.25, 0.3) is 0 Å². The third kappa shape index (κ3) is 13.8. The van der Waals surface area contributed by atoms with Crippen LogP contribution < -0.4 is 0 Å². The molecular formula is C54H90O36. The predicted octanol–water partition coefficient (Wildman–Crippen LogP) is -10.3. The van der Waals surface area contributed by atoms with Gasteiger partial charge in [-0.25, -0.2) is 0 Å². The van der Waals surface area contributed by atoms with Crippen molar-refractivity contribution in [3.05, 3.63) is 0 Å². The lowest BCUT2D eigenvalue weighted by Gasteiger charge is -2.49. The first kappa shape index (κ1) is 71.3. The van der Waals surface area contributed by atoms with Gasteiger partial charge < -0.3 is 177 Å². The smallest absolute Gasteiger partial charge is 0.187 e. The molecule has 0 spiro atoms. The van der Waals surface area contributed by atoms with E-state index >= 15 is 0 Å². The summed E-state index contributed by atoms with van der Waals surface area (Å²) in [6.07, 6.45) is -74.3. The van der Waals surface area contributed by atoms with Gasteiger partial charge in [0.1, 0.15) is 165 Å². The van der Waals surface area contributed by atoms with Crippen molar-refractivity contribution in [2.45, 2.75) is 339 Å². The molecule has 90 heavy (non-hydrogen) atoms. The molecule has 27 saturated heterocycles. The monoisotopic (exact) mass is 1310 g/mol. The van der Waals surface area contributed by atoms with Crippen LogP contribution in [0.2, 0.25) is 0 Å². The Kier molecular flexibility index (Phi) is 22.6. The first-order valence-electron chi connectivity index (χ1n) is 30.3. The number of hydrogen-bond donors (Lipinski definition) is 18. The molecule has 0 aromatic carbocycles. The maximum atomic E-state index is 11.4. The van der Waals surface area contributed by atoms with E-state index in [-0.39, 0.29) is 0 Å². The van der Waals surface area contributed by atoms with Gasteiger partial charge in [0, 0.05) is 0 Å². The third-order valence-corrected chi connectivity index (χ3v) is 18.6. The summed E-state index contributed by atoms with van der Waals surface area (Å²) in [5.41, 5.74) is 0. The average Bonchev–Trinajstić information content (AvgIpc) is 0.801. The molecule has 18 N–H and O–H groups in total.